The Morgan fingerprint density at radius 3 is 1.64 bits per heavy atom. The zero-order valence-electron chi connectivity index (χ0n) is 34.2. The fraction of sp³-hybridized carbons (Fsp3) is 0.294. The number of hydrogen-bond donors (Lipinski definition) is 1. The van der Waals surface area contributed by atoms with E-state index in [0.29, 0.717) is 48.1 Å². The van der Waals surface area contributed by atoms with E-state index in [1.807, 2.05) is 153 Å². The molecule has 0 unspecified atom stereocenters. The molecule has 7 rings (SSSR count). The molecule has 8 nitrogen and oxygen atoms in total. The first kappa shape index (κ1) is 44.5. The van der Waals surface area contributed by atoms with Crippen LogP contribution in [0.5, 0.6) is 11.5 Å². The van der Waals surface area contributed by atoms with Crippen LogP contribution in [0.3, 0.4) is 0 Å². The topological polar surface area (TPSA) is 84.8 Å². The van der Waals surface area contributed by atoms with Gasteiger partial charge < -0.3 is 38.3 Å². The van der Waals surface area contributed by atoms with Crippen LogP contribution in [0.25, 0.3) is 0 Å². The molecular weight excluding hydrogens is 856 g/mol. The summed E-state index contributed by atoms with van der Waals surface area (Å²) in [5, 5.41) is 10.3. The predicted octanol–water partition coefficient (Wildman–Crippen LogP) is 10.9. The van der Waals surface area contributed by atoms with Gasteiger partial charge in [-0.25, -0.2) is 0 Å². The van der Waals surface area contributed by atoms with Crippen molar-refractivity contribution in [3.63, 3.8) is 0 Å². The third-order valence-electron chi connectivity index (χ3n) is 10.4. The van der Waals surface area contributed by atoms with Gasteiger partial charge in [0.15, 0.2) is 5.75 Å². The maximum atomic E-state index is 9.89. The van der Waals surface area contributed by atoms with Crippen molar-refractivity contribution in [1.29, 1.82) is 0 Å². The lowest BCUT2D eigenvalue weighted by Gasteiger charge is -2.47. The highest BCUT2D eigenvalue weighted by Gasteiger charge is 2.50. The predicted molar refractivity (Wildman–Crippen MR) is 241 cm³/mol. The lowest BCUT2D eigenvalue weighted by Crippen LogP contribution is -2.58. The first-order valence-corrected chi connectivity index (χ1v) is 21.9. The molecule has 0 aliphatic carbocycles. The molecule has 6 aromatic rings. The second-order valence-corrected chi connectivity index (χ2v) is 16.0. The van der Waals surface area contributed by atoms with Crippen molar-refractivity contribution in [2.24, 2.45) is 0 Å². The molecule has 318 valence electrons. The largest absolute Gasteiger partial charge is 0.494 e. The van der Waals surface area contributed by atoms with Gasteiger partial charge in [-0.15, -0.1) is 0 Å². The Balaban J connectivity index is 1.33. The Morgan fingerprint density at radius 1 is 0.607 bits per heavy atom. The highest BCUT2D eigenvalue weighted by atomic mass is 79.9. The minimum absolute atomic E-state index is 0.0396. The van der Waals surface area contributed by atoms with E-state index in [-0.39, 0.29) is 26.4 Å². The van der Waals surface area contributed by atoms with E-state index < -0.39 is 30.5 Å². The summed E-state index contributed by atoms with van der Waals surface area (Å²) in [6.45, 7) is 3.89. The van der Waals surface area contributed by atoms with Gasteiger partial charge in [-0.2, -0.15) is 0 Å². The highest BCUT2D eigenvalue weighted by molar-refractivity contribution is 9.10. The van der Waals surface area contributed by atoms with Crippen molar-refractivity contribution < 1.29 is 38.3 Å². The summed E-state index contributed by atoms with van der Waals surface area (Å²) in [7, 11) is 0. The van der Waals surface area contributed by atoms with Crippen LogP contribution in [-0.2, 0) is 56.5 Å². The van der Waals surface area contributed by atoms with Gasteiger partial charge >= 0.3 is 0 Å². The maximum absolute atomic E-state index is 9.89. The SMILES string of the molecule is CCOc1ccc(Cc2cc([C@@H]3O[C@H](COCc4ccccc4)[C@@H](OCc4ccccc4)[C@H](OCc4ccccc4)[C@H]3OCc3ccccc3)c(Br)c(OCCO)c2Cl)cc1. The van der Waals surface area contributed by atoms with Gasteiger partial charge in [0.05, 0.1) is 55.7 Å². The monoisotopic (exact) mass is 906 g/mol. The molecule has 1 aliphatic heterocycles. The van der Waals surface area contributed by atoms with Gasteiger partial charge in [0.1, 0.15) is 42.9 Å². The summed E-state index contributed by atoms with van der Waals surface area (Å²) < 4.78 is 47.2. The second kappa shape index (κ2) is 23.1. The Kier molecular flexibility index (Phi) is 16.8. The van der Waals surface area contributed by atoms with Gasteiger partial charge in [0.25, 0.3) is 0 Å². The molecule has 1 heterocycles. The number of rotatable bonds is 21. The molecule has 0 spiro atoms. The lowest BCUT2D eigenvalue weighted by molar-refractivity contribution is -0.275. The quantitative estimate of drug-likeness (QED) is 0.0765. The van der Waals surface area contributed by atoms with E-state index in [4.69, 9.17) is 44.8 Å². The molecule has 0 aromatic heterocycles. The summed E-state index contributed by atoms with van der Waals surface area (Å²) in [6.07, 6.45) is -2.80. The fourth-order valence-electron chi connectivity index (χ4n) is 7.43. The molecule has 0 bridgehead atoms. The van der Waals surface area contributed by atoms with Crippen LogP contribution in [0.15, 0.2) is 156 Å². The molecule has 0 saturated carbocycles. The van der Waals surface area contributed by atoms with Crippen LogP contribution in [-0.4, -0.2) is 55.9 Å². The average molecular weight is 908 g/mol. The molecule has 0 radical (unpaired) electrons. The van der Waals surface area contributed by atoms with E-state index in [0.717, 1.165) is 44.7 Å². The van der Waals surface area contributed by atoms with Crippen molar-refractivity contribution in [3.8, 4) is 11.5 Å². The molecule has 6 aromatic carbocycles. The lowest BCUT2D eigenvalue weighted by atomic mass is 9.89. The van der Waals surface area contributed by atoms with E-state index in [9.17, 15) is 5.11 Å². The molecule has 0 amide bonds. The van der Waals surface area contributed by atoms with E-state index in [2.05, 4.69) is 22.0 Å². The first-order valence-electron chi connectivity index (χ1n) is 20.7. The standard InChI is InChI=1S/C51H52BrClO8/c1-2-56-42-25-23-36(24-26-42)29-41-30-43(45(52)49(46(41)53)57-28-27-54)47-50(59-33-39-19-11-5-12-20-39)51(60-34-40-21-13-6-14-22-40)48(58-32-38-17-9-4-10-18-38)44(61-47)35-55-31-37-15-7-3-8-16-37/h3-26,30,44,47-48,50-51,54H,2,27-29,31-35H2,1H3/t44-,47+,48-,50+,51+/m1/s1. The molecule has 61 heavy (non-hydrogen) atoms. The summed E-state index contributed by atoms with van der Waals surface area (Å²) >= 11 is 11.1. The molecule has 1 fully saturated rings. The van der Waals surface area contributed by atoms with Gasteiger partial charge in [-0.3, -0.25) is 0 Å². The normalized spacial score (nSPS) is 18.8. The van der Waals surface area contributed by atoms with Crippen LogP contribution < -0.4 is 9.47 Å². The maximum Gasteiger partial charge on any atom is 0.152 e. The van der Waals surface area contributed by atoms with Gasteiger partial charge in [0, 0.05) is 5.56 Å². The molecule has 1 saturated heterocycles. The zero-order valence-corrected chi connectivity index (χ0v) is 36.6. The van der Waals surface area contributed by atoms with Crippen LogP contribution in [0.1, 0.15) is 52.0 Å². The zero-order chi connectivity index (χ0) is 42.2. The number of benzene rings is 6. The third-order valence-corrected chi connectivity index (χ3v) is 11.7. The Labute approximate surface area is 372 Å². The van der Waals surface area contributed by atoms with Crippen LogP contribution in [0.4, 0.5) is 0 Å². The van der Waals surface area contributed by atoms with Crippen molar-refractivity contribution >= 4 is 27.5 Å². The number of ether oxygens (including phenoxy) is 7. The Hall–Kier alpha value is -4.55. The first-order chi connectivity index (χ1) is 30.0. The van der Waals surface area contributed by atoms with Crippen LogP contribution >= 0.6 is 27.5 Å². The van der Waals surface area contributed by atoms with Gasteiger partial charge in [-0.05, 0) is 80.9 Å². The molecule has 5 atom stereocenters. The van der Waals surface area contributed by atoms with E-state index in [1.54, 1.807) is 0 Å². The second-order valence-electron chi connectivity index (χ2n) is 14.8. The number of aliphatic hydroxyl groups is 1. The third kappa shape index (κ3) is 12.3. The van der Waals surface area contributed by atoms with Crippen LogP contribution in [0.2, 0.25) is 5.02 Å². The summed E-state index contributed by atoms with van der Waals surface area (Å²) in [5.74, 6) is 1.20. The Morgan fingerprint density at radius 2 is 1.11 bits per heavy atom. The number of aliphatic hydroxyl groups excluding tert-OH is 1. The smallest absolute Gasteiger partial charge is 0.152 e. The number of halogens is 2. The van der Waals surface area contributed by atoms with Gasteiger partial charge in [-0.1, -0.05) is 145 Å². The fourth-order valence-corrected chi connectivity index (χ4v) is 8.46. The molecule has 10 heteroatoms. The highest BCUT2D eigenvalue weighted by Crippen LogP contribution is 2.47. The summed E-state index contributed by atoms with van der Waals surface area (Å²) in [6, 6.07) is 50.3. The van der Waals surface area contributed by atoms with Crippen molar-refractivity contribution in [2.75, 3.05) is 26.4 Å². The summed E-state index contributed by atoms with van der Waals surface area (Å²) in [4.78, 5) is 0. The molecule has 1 aliphatic rings. The number of hydrogen-bond acceptors (Lipinski definition) is 8. The Bertz CT molecular complexity index is 2200. The minimum Gasteiger partial charge on any atom is -0.494 e. The van der Waals surface area contributed by atoms with E-state index in [1.165, 1.54) is 0 Å². The summed E-state index contributed by atoms with van der Waals surface area (Å²) in [5.41, 5.74) is 6.65. The molecular formula is C51H52BrClO8. The van der Waals surface area contributed by atoms with Crippen molar-refractivity contribution in [3.05, 3.63) is 200 Å². The average Bonchev–Trinajstić information content (AvgIpc) is 3.30. The van der Waals surface area contributed by atoms with Crippen molar-refractivity contribution in [1.82, 2.24) is 0 Å². The molecule has 1 N–H and O–H groups in total. The van der Waals surface area contributed by atoms with Crippen LogP contribution in [0, 0.1) is 0 Å². The van der Waals surface area contributed by atoms with E-state index >= 15 is 0 Å². The van der Waals surface area contributed by atoms with Crippen molar-refractivity contribution in [2.45, 2.75) is 70.3 Å². The van der Waals surface area contributed by atoms with Gasteiger partial charge in [0.2, 0.25) is 0 Å². The minimum atomic E-state index is -0.728.